The molecule has 2 amide bonds. The van der Waals surface area contributed by atoms with Crippen molar-refractivity contribution in [3.8, 4) is 5.75 Å². The van der Waals surface area contributed by atoms with Crippen molar-refractivity contribution in [1.82, 2.24) is 14.8 Å². The minimum Gasteiger partial charge on any atom is -0.495 e. The summed E-state index contributed by atoms with van der Waals surface area (Å²) < 4.78 is 6.97. The molecule has 178 valence electrons. The number of anilines is 2. The maximum atomic E-state index is 12.5. The maximum Gasteiger partial charge on any atom is 0.271 e. The molecule has 0 saturated heterocycles. The first-order valence-corrected chi connectivity index (χ1v) is 11.4. The number of hydrogen-bond acceptors (Lipinski definition) is 8. The van der Waals surface area contributed by atoms with Crippen LogP contribution in [0.15, 0.2) is 47.6 Å². The largest absolute Gasteiger partial charge is 0.495 e. The average molecular weight is 505 g/mol. The number of para-hydroxylation sites is 2. The molecule has 0 unspecified atom stereocenters. The number of non-ortho nitro benzene ring substituents is 1. The summed E-state index contributed by atoms with van der Waals surface area (Å²) in [7, 11) is 1.52. The van der Waals surface area contributed by atoms with Gasteiger partial charge in [0.05, 0.1) is 40.6 Å². The van der Waals surface area contributed by atoms with E-state index < -0.39 is 10.8 Å². The number of ether oxygens (including phenoxy) is 1. The second-order valence-corrected chi connectivity index (χ2v) is 8.18. The fourth-order valence-corrected chi connectivity index (χ4v) is 3.99. The Morgan fingerprint density at radius 1 is 1.15 bits per heavy atom. The van der Waals surface area contributed by atoms with Crippen LogP contribution in [0.1, 0.15) is 12.7 Å². The number of carbonyl (C=O) groups is 2. The number of thioether (sulfide) groups is 1. The predicted molar refractivity (Wildman–Crippen MR) is 128 cm³/mol. The van der Waals surface area contributed by atoms with Crippen LogP contribution in [0.4, 0.5) is 17.1 Å². The highest BCUT2D eigenvalue weighted by Crippen LogP contribution is 2.27. The van der Waals surface area contributed by atoms with E-state index in [2.05, 4.69) is 20.8 Å². The lowest BCUT2D eigenvalue weighted by atomic mass is 10.2. The number of halogens is 1. The van der Waals surface area contributed by atoms with Crippen molar-refractivity contribution in [2.24, 2.45) is 0 Å². The smallest absolute Gasteiger partial charge is 0.271 e. The third-order valence-corrected chi connectivity index (χ3v) is 5.87. The van der Waals surface area contributed by atoms with Crippen LogP contribution < -0.4 is 15.4 Å². The third-order valence-electron chi connectivity index (χ3n) is 4.58. The van der Waals surface area contributed by atoms with Crippen LogP contribution in [0.5, 0.6) is 5.75 Å². The van der Waals surface area contributed by atoms with Gasteiger partial charge in [0.25, 0.3) is 5.69 Å². The van der Waals surface area contributed by atoms with Gasteiger partial charge in [-0.05, 0) is 25.1 Å². The molecule has 0 fully saturated rings. The highest BCUT2D eigenvalue weighted by Gasteiger charge is 2.18. The molecule has 13 heteroatoms. The Morgan fingerprint density at radius 3 is 2.59 bits per heavy atom. The van der Waals surface area contributed by atoms with Gasteiger partial charge in [0.2, 0.25) is 11.8 Å². The molecular formula is C21H21ClN6O5S. The van der Waals surface area contributed by atoms with Crippen molar-refractivity contribution in [2.75, 3.05) is 23.5 Å². The van der Waals surface area contributed by atoms with Gasteiger partial charge in [0.15, 0.2) is 5.16 Å². The fraction of sp³-hybridized carbons (Fsp3) is 0.238. The molecule has 2 aromatic carbocycles. The minimum absolute atomic E-state index is 0.0189. The summed E-state index contributed by atoms with van der Waals surface area (Å²) in [5, 5.41) is 25.1. The van der Waals surface area contributed by atoms with E-state index in [0.29, 0.717) is 29.0 Å². The summed E-state index contributed by atoms with van der Waals surface area (Å²) in [6.07, 6.45) is -0.0189. The van der Waals surface area contributed by atoms with Gasteiger partial charge in [-0.3, -0.25) is 19.7 Å². The van der Waals surface area contributed by atoms with Gasteiger partial charge in [0, 0.05) is 18.7 Å². The molecule has 0 saturated carbocycles. The van der Waals surface area contributed by atoms with Crippen molar-refractivity contribution in [1.29, 1.82) is 0 Å². The first kappa shape index (κ1) is 25.0. The van der Waals surface area contributed by atoms with E-state index in [1.807, 2.05) is 6.92 Å². The number of amides is 2. The lowest BCUT2D eigenvalue weighted by Gasteiger charge is -2.10. The van der Waals surface area contributed by atoms with Gasteiger partial charge in [-0.25, -0.2) is 0 Å². The monoisotopic (exact) mass is 504 g/mol. The van der Waals surface area contributed by atoms with Gasteiger partial charge in [0.1, 0.15) is 11.6 Å². The summed E-state index contributed by atoms with van der Waals surface area (Å²) in [4.78, 5) is 35.3. The van der Waals surface area contributed by atoms with Gasteiger partial charge in [-0.2, -0.15) is 0 Å². The number of nitrogens with one attached hydrogen (secondary N) is 2. The summed E-state index contributed by atoms with van der Waals surface area (Å²) in [5.74, 6) is 0.234. The number of nitro benzene ring substituents is 1. The van der Waals surface area contributed by atoms with Crippen LogP contribution in [-0.2, 0) is 22.6 Å². The highest BCUT2D eigenvalue weighted by atomic mass is 35.5. The summed E-state index contributed by atoms with van der Waals surface area (Å²) in [6.45, 7) is 2.36. The molecule has 34 heavy (non-hydrogen) atoms. The SMILES string of the molecule is CCn1c(CC(=O)Nc2ccccc2OC)nnc1SCC(=O)Nc1cc([N+](=O)[O-])ccc1Cl. The van der Waals surface area contributed by atoms with Crippen molar-refractivity contribution >= 4 is 52.2 Å². The molecule has 0 spiro atoms. The lowest BCUT2D eigenvalue weighted by Crippen LogP contribution is -2.18. The number of aromatic nitrogens is 3. The third kappa shape index (κ3) is 6.23. The molecule has 0 atom stereocenters. The predicted octanol–water partition coefficient (Wildman–Crippen LogP) is 3.78. The Morgan fingerprint density at radius 2 is 1.88 bits per heavy atom. The van der Waals surface area contributed by atoms with E-state index in [1.165, 1.54) is 25.3 Å². The number of hydrogen-bond donors (Lipinski definition) is 2. The molecule has 0 aliphatic carbocycles. The molecule has 0 bridgehead atoms. The van der Waals surface area contributed by atoms with Crippen molar-refractivity contribution in [3.05, 3.63) is 63.4 Å². The zero-order chi connectivity index (χ0) is 24.7. The molecule has 11 nitrogen and oxygen atoms in total. The van der Waals surface area contributed by atoms with Crippen molar-refractivity contribution < 1.29 is 19.2 Å². The number of rotatable bonds is 10. The second-order valence-electron chi connectivity index (χ2n) is 6.83. The topological polar surface area (TPSA) is 141 Å². The quantitative estimate of drug-likeness (QED) is 0.241. The molecule has 0 aliphatic rings. The molecule has 0 aliphatic heterocycles. The molecule has 2 N–H and O–H groups in total. The molecular weight excluding hydrogens is 484 g/mol. The minimum atomic E-state index is -0.573. The highest BCUT2D eigenvalue weighted by molar-refractivity contribution is 7.99. The summed E-state index contributed by atoms with van der Waals surface area (Å²) in [5.41, 5.74) is 0.505. The number of methoxy groups -OCH3 is 1. The van der Waals surface area contributed by atoms with Crippen molar-refractivity contribution in [3.63, 3.8) is 0 Å². The Bertz CT molecular complexity index is 1220. The number of benzene rings is 2. The second kappa shape index (κ2) is 11.5. The van der Waals surface area contributed by atoms with Crippen LogP contribution in [0.2, 0.25) is 5.02 Å². The van der Waals surface area contributed by atoms with E-state index in [9.17, 15) is 19.7 Å². The number of carbonyl (C=O) groups excluding carboxylic acids is 2. The Balaban J connectivity index is 1.62. The molecule has 3 rings (SSSR count). The van der Waals surface area contributed by atoms with Crippen LogP contribution >= 0.6 is 23.4 Å². The van der Waals surface area contributed by atoms with Crippen molar-refractivity contribution in [2.45, 2.75) is 25.0 Å². The molecule has 1 heterocycles. The lowest BCUT2D eigenvalue weighted by molar-refractivity contribution is -0.384. The van der Waals surface area contributed by atoms with Gasteiger partial charge in [-0.1, -0.05) is 35.5 Å². The van der Waals surface area contributed by atoms with Crippen LogP contribution in [0.3, 0.4) is 0 Å². The fourth-order valence-electron chi connectivity index (χ4n) is 3.00. The first-order chi connectivity index (χ1) is 16.3. The molecule has 0 radical (unpaired) electrons. The average Bonchev–Trinajstić information content (AvgIpc) is 3.20. The van der Waals surface area contributed by atoms with E-state index >= 15 is 0 Å². The van der Waals surface area contributed by atoms with Crippen LogP contribution in [-0.4, -0.2) is 44.4 Å². The Labute approximate surface area is 204 Å². The maximum absolute atomic E-state index is 12.5. The summed E-state index contributed by atoms with van der Waals surface area (Å²) in [6, 6.07) is 10.8. The Kier molecular flexibility index (Phi) is 8.44. The summed E-state index contributed by atoms with van der Waals surface area (Å²) >= 11 is 7.14. The zero-order valence-corrected chi connectivity index (χ0v) is 19.9. The Hall–Kier alpha value is -3.64. The van der Waals surface area contributed by atoms with Crippen LogP contribution in [0.25, 0.3) is 0 Å². The van der Waals surface area contributed by atoms with Gasteiger partial charge >= 0.3 is 0 Å². The van der Waals surface area contributed by atoms with E-state index in [4.69, 9.17) is 16.3 Å². The van der Waals surface area contributed by atoms with Gasteiger partial charge < -0.3 is 19.9 Å². The molecule has 1 aromatic heterocycles. The van der Waals surface area contributed by atoms with E-state index in [0.717, 1.165) is 11.8 Å². The standard InChI is InChI=1S/C21H21ClN6O5S/c1-3-27-18(11-19(29)23-15-6-4-5-7-17(15)33-2)25-26-21(27)34-12-20(30)24-16-10-13(28(31)32)8-9-14(16)22/h4-10H,3,11-12H2,1-2H3,(H,23,29)(H,24,30). The normalized spacial score (nSPS) is 10.6. The van der Waals surface area contributed by atoms with Crippen LogP contribution in [0, 0.1) is 10.1 Å². The number of nitro groups is 1. The van der Waals surface area contributed by atoms with E-state index in [1.54, 1.807) is 28.8 Å². The number of nitrogens with zero attached hydrogens (tertiary/aromatic N) is 4. The first-order valence-electron chi connectivity index (χ1n) is 10.0. The zero-order valence-electron chi connectivity index (χ0n) is 18.3. The van der Waals surface area contributed by atoms with E-state index in [-0.39, 0.29) is 34.5 Å². The molecule has 3 aromatic rings. The van der Waals surface area contributed by atoms with Gasteiger partial charge in [-0.15, -0.1) is 10.2 Å².